The number of aromatic nitrogens is 3. The molecule has 4 heterocycles. The number of piperidine rings is 1. The van der Waals surface area contributed by atoms with E-state index in [1.807, 2.05) is 36.7 Å². The topological polar surface area (TPSA) is 70.0 Å². The van der Waals surface area contributed by atoms with Gasteiger partial charge in [-0.15, -0.1) is 0 Å². The molecule has 164 valence electrons. The van der Waals surface area contributed by atoms with Crippen molar-refractivity contribution < 1.29 is 5.11 Å². The molecule has 0 bridgehead atoms. The summed E-state index contributed by atoms with van der Waals surface area (Å²) >= 11 is 0. The largest absolute Gasteiger partial charge is 0.393 e. The number of rotatable bonds is 2. The molecule has 0 saturated carbocycles. The minimum absolute atomic E-state index is 0.210. The Hall–Kier alpha value is -3.82. The molecule has 1 unspecified atom stereocenters. The van der Waals surface area contributed by atoms with Gasteiger partial charge in [-0.2, -0.15) is 5.26 Å². The zero-order valence-corrected chi connectivity index (χ0v) is 18.5. The number of anilines is 1. The van der Waals surface area contributed by atoms with E-state index < -0.39 is 0 Å². The van der Waals surface area contributed by atoms with E-state index in [2.05, 4.69) is 62.5 Å². The number of imidazole rings is 1. The lowest BCUT2D eigenvalue weighted by Crippen LogP contribution is -2.42. The smallest absolute Gasteiger partial charge is 0.161 e. The highest BCUT2D eigenvalue weighted by Crippen LogP contribution is 2.36. The van der Waals surface area contributed by atoms with Crippen LogP contribution in [0.4, 0.5) is 5.69 Å². The third kappa shape index (κ3) is 3.33. The summed E-state index contributed by atoms with van der Waals surface area (Å²) in [7, 11) is 0. The predicted octanol–water partition coefficient (Wildman–Crippen LogP) is 4.45. The van der Waals surface area contributed by atoms with Gasteiger partial charge in [0.15, 0.2) is 5.82 Å². The van der Waals surface area contributed by atoms with Crippen LogP contribution < -0.4 is 4.90 Å². The molecule has 6 heteroatoms. The maximum Gasteiger partial charge on any atom is 0.161 e. The monoisotopic (exact) mass is 435 g/mol. The van der Waals surface area contributed by atoms with Crippen LogP contribution in [0.1, 0.15) is 24.5 Å². The van der Waals surface area contributed by atoms with Crippen LogP contribution in [-0.2, 0) is 6.54 Å². The van der Waals surface area contributed by atoms with E-state index in [-0.39, 0.29) is 12.0 Å². The second-order valence-electron chi connectivity index (χ2n) is 9.14. The van der Waals surface area contributed by atoms with E-state index in [1.165, 1.54) is 11.3 Å². The van der Waals surface area contributed by atoms with E-state index >= 15 is 0 Å². The maximum atomic E-state index is 10.1. The lowest BCUT2D eigenvalue weighted by atomic mass is 9.96. The van der Waals surface area contributed by atoms with Gasteiger partial charge in [0.2, 0.25) is 0 Å². The summed E-state index contributed by atoms with van der Waals surface area (Å²) in [5, 5.41) is 19.2. The van der Waals surface area contributed by atoms with Crippen molar-refractivity contribution in [3.05, 3.63) is 78.2 Å². The number of benzene rings is 2. The van der Waals surface area contributed by atoms with Crippen LogP contribution in [-0.4, -0.2) is 38.4 Å². The van der Waals surface area contributed by atoms with Crippen molar-refractivity contribution in [2.75, 3.05) is 18.0 Å². The Morgan fingerprint density at radius 1 is 1.09 bits per heavy atom. The first-order valence-electron chi connectivity index (χ1n) is 11.4. The first kappa shape index (κ1) is 19.8. The first-order valence-corrected chi connectivity index (χ1v) is 11.4. The first-order chi connectivity index (χ1) is 16.1. The van der Waals surface area contributed by atoms with Gasteiger partial charge in [-0.1, -0.05) is 19.1 Å². The summed E-state index contributed by atoms with van der Waals surface area (Å²) in [6.07, 6.45) is 6.65. The Kier molecular flexibility index (Phi) is 4.60. The van der Waals surface area contributed by atoms with Crippen molar-refractivity contribution in [2.24, 2.45) is 5.92 Å². The van der Waals surface area contributed by atoms with Gasteiger partial charge in [0.25, 0.3) is 0 Å². The summed E-state index contributed by atoms with van der Waals surface area (Å²) in [5.74, 6) is 1.19. The molecule has 1 fully saturated rings. The van der Waals surface area contributed by atoms with Crippen molar-refractivity contribution in [3.63, 3.8) is 0 Å². The summed E-state index contributed by atoms with van der Waals surface area (Å²) in [6.45, 7) is 4.62. The van der Waals surface area contributed by atoms with Gasteiger partial charge in [-0.25, -0.2) is 4.98 Å². The number of nitriles is 1. The number of hydrogen-bond acceptors (Lipinski definition) is 4. The minimum atomic E-state index is -0.210. The SMILES string of the molecule is CC1CN(c2ccc3c(c2)Cn2cc(-c4ccc(C#N)cc4)cc2-c2nccn2-3)CC[C@@H]1O. The molecule has 2 aromatic heterocycles. The molecule has 1 saturated heterocycles. The lowest BCUT2D eigenvalue weighted by molar-refractivity contribution is 0.0971. The summed E-state index contributed by atoms with van der Waals surface area (Å²) in [4.78, 5) is 7.07. The number of aliphatic hydroxyl groups is 1. The molecular weight excluding hydrogens is 410 g/mol. The highest BCUT2D eigenvalue weighted by Gasteiger charge is 2.26. The van der Waals surface area contributed by atoms with Crippen LogP contribution in [0.2, 0.25) is 0 Å². The molecule has 0 amide bonds. The number of fused-ring (bicyclic) bond motifs is 5. The van der Waals surface area contributed by atoms with Gasteiger partial charge in [-0.05, 0) is 59.9 Å². The van der Waals surface area contributed by atoms with E-state index in [9.17, 15) is 5.11 Å². The second-order valence-corrected chi connectivity index (χ2v) is 9.14. The highest BCUT2D eigenvalue weighted by atomic mass is 16.3. The molecule has 0 radical (unpaired) electrons. The fourth-order valence-electron chi connectivity index (χ4n) is 5.09. The van der Waals surface area contributed by atoms with Crippen LogP contribution in [0.3, 0.4) is 0 Å². The van der Waals surface area contributed by atoms with Crippen LogP contribution >= 0.6 is 0 Å². The Balaban J connectivity index is 1.41. The zero-order chi connectivity index (χ0) is 22.5. The Bertz CT molecular complexity index is 1370. The van der Waals surface area contributed by atoms with Crippen molar-refractivity contribution >= 4 is 5.69 Å². The average molecular weight is 436 g/mol. The molecule has 2 atom stereocenters. The highest BCUT2D eigenvalue weighted by molar-refractivity contribution is 5.72. The molecule has 0 aliphatic carbocycles. The second kappa shape index (κ2) is 7.65. The molecule has 6 nitrogen and oxygen atoms in total. The van der Waals surface area contributed by atoms with Crippen molar-refractivity contribution in [1.29, 1.82) is 5.26 Å². The molecule has 4 aromatic rings. The number of hydrogen-bond donors (Lipinski definition) is 1. The molecule has 6 rings (SSSR count). The molecule has 2 aliphatic rings. The molecule has 1 N–H and O–H groups in total. The van der Waals surface area contributed by atoms with E-state index in [4.69, 9.17) is 5.26 Å². The standard InChI is InChI=1S/C27H25N5O/c1-18-15-30(10-8-26(18)33)23-6-7-24-22(12-23)17-31-16-21(20-4-2-19(14-28)3-5-20)13-25(31)27-29-9-11-32(24)27/h2-7,9,11-13,16,18,26,33H,8,10,15,17H2,1H3/t18?,26-/m0/s1. The van der Waals surface area contributed by atoms with Crippen molar-refractivity contribution in [3.8, 4) is 34.4 Å². The Labute approximate surface area is 193 Å². The summed E-state index contributed by atoms with van der Waals surface area (Å²) in [6, 6.07) is 18.8. The Morgan fingerprint density at radius 2 is 1.94 bits per heavy atom. The number of nitrogens with zero attached hydrogens (tertiary/aromatic N) is 5. The Morgan fingerprint density at radius 3 is 2.73 bits per heavy atom. The van der Waals surface area contributed by atoms with Crippen LogP contribution in [0.25, 0.3) is 28.3 Å². The maximum absolute atomic E-state index is 10.1. The van der Waals surface area contributed by atoms with Gasteiger partial charge >= 0.3 is 0 Å². The van der Waals surface area contributed by atoms with E-state index in [0.717, 1.165) is 54.4 Å². The van der Waals surface area contributed by atoms with Gasteiger partial charge in [0.1, 0.15) is 0 Å². The normalized spacial score (nSPS) is 19.2. The molecular formula is C27H25N5O. The zero-order valence-electron chi connectivity index (χ0n) is 18.5. The summed E-state index contributed by atoms with van der Waals surface area (Å²) < 4.78 is 4.44. The van der Waals surface area contributed by atoms with E-state index in [0.29, 0.717) is 5.56 Å². The van der Waals surface area contributed by atoms with Crippen LogP contribution in [0, 0.1) is 17.2 Å². The fourth-order valence-corrected chi connectivity index (χ4v) is 5.09. The third-order valence-corrected chi connectivity index (χ3v) is 7.00. The van der Waals surface area contributed by atoms with Crippen molar-refractivity contribution in [2.45, 2.75) is 26.0 Å². The van der Waals surface area contributed by atoms with Gasteiger partial charge in [0.05, 0.1) is 29.1 Å². The molecule has 33 heavy (non-hydrogen) atoms. The fraction of sp³-hybridized carbons (Fsp3) is 0.259. The van der Waals surface area contributed by atoms with Crippen LogP contribution in [0.15, 0.2) is 67.1 Å². The number of aliphatic hydroxyl groups excluding tert-OH is 1. The molecule has 0 spiro atoms. The van der Waals surface area contributed by atoms with Crippen molar-refractivity contribution in [1.82, 2.24) is 14.1 Å². The average Bonchev–Trinajstić information content (AvgIpc) is 3.46. The minimum Gasteiger partial charge on any atom is -0.393 e. The van der Waals surface area contributed by atoms with Gasteiger partial charge in [-0.3, -0.25) is 4.57 Å². The van der Waals surface area contributed by atoms with Gasteiger partial charge < -0.3 is 14.6 Å². The van der Waals surface area contributed by atoms with Gasteiger partial charge in [0, 0.05) is 49.5 Å². The predicted molar refractivity (Wildman–Crippen MR) is 128 cm³/mol. The van der Waals surface area contributed by atoms with Crippen LogP contribution in [0.5, 0.6) is 0 Å². The molecule has 2 aliphatic heterocycles. The summed E-state index contributed by atoms with van der Waals surface area (Å²) in [5.41, 5.74) is 7.54. The quantitative estimate of drug-likeness (QED) is 0.445. The third-order valence-electron chi connectivity index (χ3n) is 7.00. The van der Waals surface area contributed by atoms with E-state index in [1.54, 1.807) is 0 Å². The lowest BCUT2D eigenvalue weighted by Gasteiger charge is -2.36. The molecule has 2 aromatic carbocycles.